The molecule has 2 aromatic rings. The van der Waals surface area contributed by atoms with E-state index in [0.717, 1.165) is 10.6 Å². The number of rotatable bonds is 9. The molecule has 32 heavy (non-hydrogen) atoms. The molecule has 0 aromatic heterocycles. The van der Waals surface area contributed by atoms with Gasteiger partial charge in [-0.25, -0.2) is 12.8 Å². The van der Waals surface area contributed by atoms with Crippen molar-refractivity contribution >= 4 is 33.3 Å². The van der Waals surface area contributed by atoms with E-state index in [-0.39, 0.29) is 18.0 Å². The van der Waals surface area contributed by atoms with Crippen LogP contribution in [0.2, 0.25) is 0 Å². The summed E-state index contributed by atoms with van der Waals surface area (Å²) in [6.45, 7) is 2.26. The van der Waals surface area contributed by atoms with Gasteiger partial charge in [-0.1, -0.05) is 24.3 Å². The molecule has 0 fully saturated rings. The van der Waals surface area contributed by atoms with Crippen LogP contribution in [0.3, 0.4) is 0 Å². The monoisotopic (exact) mass is 463 g/mol. The Morgan fingerprint density at radius 2 is 1.72 bits per heavy atom. The van der Waals surface area contributed by atoms with Gasteiger partial charge in [0.05, 0.1) is 11.9 Å². The number of hydrogen-bond acceptors (Lipinski definition) is 5. The SMILES string of the molecule is CNC(=O)[C@H](C)N(Cc1ccc(F)cc1)C(=O)CN(c1cccc(C(C)=O)c1)S(C)(=O)=O. The molecular formula is C22H26FN3O5S. The third kappa shape index (κ3) is 6.36. The Balaban J connectivity index is 2.41. The van der Waals surface area contributed by atoms with Gasteiger partial charge in [-0.2, -0.15) is 0 Å². The van der Waals surface area contributed by atoms with Crippen molar-refractivity contribution in [2.75, 3.05) is 24.2 Å². The molecule has 0 aliphatic heterocycles. The fourth-order valence-corrected chi connectivity index (χ4v) is 3.91. The van der Waals surface area contributed by atoms with Crippen molar-refractivity contribution in [1.29, 1.82) is 0 Å². The topological polar surface area (TPSA) is 104 Å². The molecule has 0 bridgehead atoms. The summed E-state index contributed by atoms with van der Waals surface area (Å²) in [4.78, 5) is 38.4. The third-order valence-electron chi connectivity index (χ3n) is 4.90. The van der Waals surface area contributed by atoms with E-state index in [1.54, 1.807) is 6.07 Å². The molecule has 10 heteroatoms. The fourth-order valence-electron chi connectivity index (χ4n) is 3.07. The van der Waals surface area contributed by atoms with Crippen molar-refractivity contribution in [3.05, 3.63) is 65.5 Å². The minimum Gasteiger partial charge on any atom is -0.357 e. The molecule has 1 atom stereocenters. The minimum atomic E-state index is -3.89. The van der Waals surface area contributed by atoms with Gasteiger partial charge in [0.25, 0.3) is 0 Å². The molecule has 0 unspecified atom stereocenters. The number of nitrogens with one attached hydrogen (secondary N) is 1. The van der Waals surface area contributed by atoms with Gasteiger partial charge in [0.15, 0.2) is 5.78 Å². The number of amides is 2. The average molecular weight is 464 g/mol. The van der Waals surface area contributed by atoms with Gasteiger partial charge >= 0.3 is 0 Å². The maximum Gasteiger partial charge on any atom is 0.244 e. The summed E-state index contributed by atoms with van der Waals surface area (Å²) in [5.41, 5.74) is 1.02. The molecule has 172 valence electrons. The normalized spacial score (nSPS) is 12.0. The molecule has 8 nitrogen and oxygen atoms in total. The number of ketones is 1. The summed E-state index contributed by atoms with van der Waals surface area (Å²) in [7, 11) is -2.47. The van der Waals surface area contributed by atoms with Crippen LogP contribution in [0, 0.1) is 5.82 Å². The van der Waals surface area contributed by atoms with Crippen LogP contribution in [0.15, 0.2) is 48.5 Å². The highest BCUT2D eigenvalue weighted by atomic mass is 32.2. The van der Waals surface area contributed by atoms with E-state index in [4.69, 9.17) is 0 Å². The second-order valence-electron chi connectivity index (χ2n) is 7.31. The second kappa shape index (κ2) is 10.4. The van der Waals surface area contributed by atoms with Crippen LogP contribution in [0.1, 0.15) is 29.8 Å². The summed E-state index contributed by atoms with van der Waals surface area (Å²) in [6, 6.07) is 10.5. The van der Waals surface area contributed by atoms with Gasteiger partial charge in [0.1, 0.15) is 18.4 Å². The first-order valence-corrected chi connectivity index (χ1v) is 11.6. The molecule has 0 radical (unpaired) electrons. The number of Topliss-reactive ketones (excluding diaryl/α,β-unsaturated/α-hetero) is 1. The fraction of sp³-hybridized carbons (Fsp3) is 0.318. The molecule has 1 N–H and O–H groups in total. The van der Waals surface area contributed by atoms with E-state index in [0.29, 0.717) is 11.1 Å². The second-order valence-corrected chi connectivity index (χ2v) is 9.22. The Bertz CT molecular complexity index is 1100. The molecule has 0 aliphatic carbocycles. The van der Waals surface area contributed by atoms with Gasteiger partial charge < -0.3 is 10.2 Å². The molecule has 2 rings (SSSR count). The lowest BCUT2D eigenvalue weighted by atomic mass is 10.1. The largest absolute Gasteiger partial charge is 0.357 e. The van der Waals surface area contributed by atoms with Crippen LogP contribution in [-0.2, 0) is 26.2 Å². The van der Waals surface area contributed by atoms with Crippen molar-refractivity contribution in [2.45, 2.75) is 26.4 Å². The number of anilines is 1. The summed E-state index contributed by atoms with van der Waals surface area (Å²) in [6.07, 6.45) is 0.952. The predicted octanol–water partition coefficient (Wildman–Crippen LogP) is 1.96. The maximum atomic E-state index is 13.3. The van der Waals surface area contributed by atoms with Crippen LogP contribution >= 0.6 is 0 Å². The van der Waals surface area contributed by atoms with Gasteiger partial charge in [-0.05, 0) is 43.7 Å². The Kier molecular flexibility index (Phi) is 8.09. The zero-order chi connectivity index (χ0) is 24.1. The Morgan fingerprint density at radius 1 is 1.09 bits per heavy atom. The standard InChI is InChI=1S/C22H26FN3O5S/c1-15(22(29)24-3)25(13-17-8-10-19(23)11-9-17)21(28)14-26(32(4,30)31)20-7-5-6-18(12-20)16(2)27/h5-12,15H,13-14H2,1-4H3,(H,24,29)/t15-/m0/s1. The van der Waals surface area contributed by atoms with Crippen molar-refractivity contribution in [2.24, 2.45) is 0 Å². The Hall–Kier alpha value is -3.27. The Morgan fingerprint density at radius 3 is 2.25 bits per heavy atom. The van der Waals surface area contributed by atoms with E-state index < -0.39 is 40.2 Å². The number of nitrogens with zero attached hydrogens (tertiary/aromatic N) is 2. The van der Waals surface area contributed by atoms with Crippen LogP contribution < -0.4 is 9.62 Å². The first-order chi connectivity index (χ1) is 14.9. The molecule has 2 aromatic carbocycles. The number of hydrogen-bond donors (Lipinski definition) is 1. The molecule has 0 spiro atoms. The summed E-state index contributed by atoms with van der Waals surface area (Å²) < 4.78 is 39.1. The summed E-state index contributed by atoms with van der Waals surface area (Å²) in [5, 5.41) is 2.47. The van der Waals surface area contributed by atoms with Gasteiger partial charge in [-0.3, -0.25) is 18.7 Å². The van der Waals surface area contributed by atoms with Crippen LogP contribution in [-0.4, -0.2) is 56.8 Å². The summed E-state index contributed by atoms with van der Waals surface area (Å²) in [5.74, 6) is -1.77. The molecular weight excluding hydrogens is 437 g/mol. The summed E-state index contributed by atoms with van der Waals surface area (Å²) >= 11 is 0. The van der Waals surface area contributed by atoms with E-state index in [1.165, 1.54) is 68.3 Å². The zero-order valence-electron chi connectivity index (χ0n) is 18.3. The van der Waals surface area contributed by atoms with E-state index >= 15 is 0 Å². The Labute approximate surface area is 187 Å². The highest BCUT2D eigenvalue weighted by molar-refractivity contribution is 7.92. The van der Waals surface area contributed by atoms with Crippen molar-refractivity contribution in [1.82, 2.24) is 10.2 Å². The van der Waals surface area contributed by atoms with Crippen LogP contribution in [0.4, 0.5) is 10.1 Å². The van der Waals surface area contributed by atoms with Gasteiger partial charge in [0.2, 0.25) is 21.8 Å². The van der Waals surface area contributed by atoms with Crippen molar-refractivity contribution in [3.8, 4) is 0 Å². The maximum absolute atomic E-state index is 13.3. The van der Waals surface area contributed by atoms with Crippen molar-refractivity contribution in [3.63, 3.8) is 0 Å². The number of carbonyl (C=O) groups is 3. The van der Waals surface area contributed by atoms with Gasteiger partial charge in [-0.15, -0.1) is 0 Å². The highest BCUT2D eigenvalue weighted by Crippen LogP contribution is 2.21. The number of benzene rings is 2. The van der Waals surface area contributed by atoms with E-state index in [9.17, 15) is 27.2 Å². The molecule has 2 amide bonds. The average Bonchev–Trinajstić information content (AvgIpc) is 2.75. The molecule has 0 saturated heterocycles. The smallest absolute Gasteiger partial charge is 0.244 e. The van der Waals surface area contributed by atoms with Crippen LogP contribution in [0.5, 0.6) is 0 Å². The molecule has 0 heterocycles. The molecule has 0 saturated carbocycles. The zero-order valence-corrected chi connectivity index (χ0v) is 19.1. The lowest BCUT2D eigenvalue weighted by Gasteiger charge is -2.31. The first kappa shape index (κ1) is 25.0. The lowest BCUT2D eigenvalue weighted by Crippen LogP contribution is -2.50. The predicted molar refractivity (Wildman–Crippen MR) is 119 cm³/mol. The lowest BCUT2D eigenvalue weighted by molar-refractivity contribution is -0.139. The first-order valence-electron chi connectivity index (χ1n) is 9.78. The highest BCUT2D eigenvalue weighted by Gasteiger charge is 2.29. The number of halogens is 1. The van der Waals surface area contributed by atoms with Crippen molar-refractivity contribution < 1.29 is 27.2 Å². The third-order valence-corrected chi connectivity index (χ3v) is 6.04. The molecule has 0 aliphatic rings. The quantitative estimate of drug-likeness (QED) is 0.573. The minimum absolute atomic E-state index is 0.0290. The van der Waals surface area contributed by atoms with E-state index in [1.807, 2.05) is 0 Å². The van der Waals surface area contributed by atoms with E-state index in [2.05, 4.69) is 5.32 Å². The number of likely N-dealkylation sites (N-methyl/N-ethyl adjacent to an activating group) is 1. The number of carbonyl (C=O) groups excluding carboxylic acids is 3. The number of sulfonamides is 1. The van der Waals surface area contributed by atoms with Crippen LogP contribution in [0.25, 0.3) is 0 Å². The van der Waals surface area contributed by atoms with Gasteiger partial charge in [0, 0.05) is 19.2 Å².